The molecule has 0 bridgehead atoms. The molecule has 1 fully saturated rings. The van der Waals surface area contributed by atoms with E-state index in [1.807, 2.05) is 54.6 Å². The Kier molecular flexibility index (Phi) is 6.06. The Morgan fingerprint density at radius 1 is 1.23 bits per heavy atom. The molecular weight excluding hydrogens is 392 g/mol. The maximum atomic E-state index is 13.0. The van der Waals surface area contributed by atoms with Gasteiger partial charge in [0.05, 0.1) is 23.3 Å². The van der Waals surface area contributed by atoms with Gasteiger partial charge in [0, 0.05) is 37.3 Å². The van der Waals surface area contributed by atoms with Crippen LogP contribution in [0.1, 0.15) is 46.8 Å². The summed E-state index contributed by atoms with van der Waals surface area (Å²) in [7, 11) is 0. The van der Waals surface area contributed by atoms with Crippen molar-refractivity contribution in [3.05, 3.63) is 47.0 Å². The normalized spacial score (nSPS) is 16.6. The third-order valence-electron chi connectivity index (χ3n) is 5.88. The number of H-pyrrole nitrogens is 1. The highest BCUT2D eigenvalue weighted by Crippen LogP contribution is 2.22. The van der Waals surface area contributed by atoms with E-state index in [4.69, 9.17) is 0 Å². The summed E-state index contributed by atoms with van der Waals surface area (Å²) < 4.78 is 1.91. The number of nitrogens with one attached hydrogen (secondary N) is 2. The van der Waals surface area contributed by atoms with Crippen molar-refractivity contribution in [3.63, 3.8) is 0 Å². The molecule has 8 heteroatoms. The second kappa shape index (κ2) is 8.91. The first-order valence-corrected chi connectivity index (χ1v) is 10.9. The van der Waals surface area contributed by atoms with Gasteiger partial charge in [0.25, 0.3) is 5.91 Å². The molecule has 1 aromatic carbocycles. The number of carbonyl (C=O) groups excluding carboxylic acids is 2. The first kappa shape index (κ1) is 21.1. The zero-order valence-corrected chi connectivity index (χ0v) is 18.4. The predicted octanol–water partition coefficient (Wildman–Crippen LogP) is 2.74. The van der Waals surface area contributed by atoms with Crippen LogP contribution in [0.25, 0.3) is 11.0 Å². The molecule has 0 radical (unpaired) electrons. The van der Waals surface area contributed by atoms with E-state index in [2.05, 4.69) is 20.4 Å². The maximum absolute atomic E-state index is 13.0. The Morgan fingerprint density at radius 2 is 2.06 bits per heavy atom. The van der Waals surface area contributed by atoms with Crippen molar-refractivity contribution >= 4 is 22.8 Å². The van der Waals surface area contributed by atoms with Crippen molar-refractivity contribution in [2.24, 2.45) is 5.92 Å². The summed E-state index contributed by atoms with van der Waals surface area (Å²) in [4.78, 5) is 34.9. The summed E-state index contributed by atoms with van der Waals surface area (Å²) >= 11 is 0. The lowest BCUT2D eigenvalue weighted by Crippen LogP contribution is -2.41. The molecule has 3 heterocycles. The minimum atomic E-state index is 0.0174. The van der Waals surface area contributed by atoms with Crippen molar-refractivity contribution in [2.75, 3.05) is 19.6 Å². The average molecular weight is 423 g/mol. The molecule has 2 amide bonds. The van der Waals surface area contributed by atoms with Gasteiger partial charge in [-0.2, -0.15) is 5.10 Å². The maximum Gasteiger partial charge on any atom is 0.253 e. The minimum absolute atomic E-state index is 0.0174. The van der Waals surface area contributed by atoms with Crippen LogP contribution in [0, 0.1) is 26.7 Å². The topological polar surface area (TPSA) is 95.9 Å². The predicted molar refractivity (Wildman–Crippen MR) is 119 cm³/mol. The van der Waals surface area contributed by atoms with Gasteiger partial charge < -0.3 is 15.2 Å². The third-order valence-corrected chi connectivity index (χ3v) is 5.88. The lowest BCUT2D eigenvalue weighted by molar-refractivity contribution is -0.122. The molecule has 3 aromatic rings. The number of benzene rings is 1. The largest absolute Gasteiger partial charge is 0.354 e. The van der Waals surface area contributed by atoms with E-state index in [9.17, 15) is 9.59 Å². The number of nitrogens with zero attached hydrogens (tertiary/aromatic N) is 4. The van der Waals surface area contributed by atoms with Gasteiger partial charge in [0.15, 0.2) is 0 Å². The number of carbonyl (C=O) groups is 2. The lowest BCUT2D eigenvalue weighted by atomic mass is 9.94. The van der Waals surface area contributed by atoms with Crippen LogP contribution in [0.2, 0.25) is 0 Å². The average Bonchev–Trinajstić information content (AvgIpc) is 3.26. The first-order valence-electron chi connectivity index (χ1n) is 10.9. The van der Waals surface area contributed by atoms with E-state index < -0.39 is 0 Å². The molecule has 2 N–H and O–H groups in total. The molecule has 1 unspecified atom stereocenters. The number of hydrogen-bond acceptors (Lipinski definition) is 4. The Hall–Kier alpha value is -3.16. The van der Waals surface area contributed by atoms with E-state index >= 15 is 0 Å². The zero-order chi connectivity index (χ0) is 22.0. The van der Waals surface area contributed by atoms with Crippen LogP contribution in [0.3, 0.4) is 0 Å². The summed E-state index contributed by atoms with van der Waals surface area (Å²) in [5.74, 6) is 1.07. The summed E-state index contributed by atoms with van der Waals surface area (Å²) in [6.07, 6.45) is 2.33. The Morgan fingerprint density at radius 3 is 2.84 bits per heavy atom. The molecular formula is C23H30N6O2. The molecule has 31 heavy (non-hydrogen) atoms. The summed E-state index contributed by atoms with van der Waals surface area (Å²) in [5.41, 5.74) is 4.47. The van der Waals surface area contributed by atoms with E-state index in [1.54, 1.807) is 0 Å². The molecule has 4 rings (SSSR count). The number of aryl methyl sites for hydroxylation is 3. The van der Waals surface area contributed by atoms with Crippen LogP contribution >= 0.6 is 0 Å². The molecule has 2 aromatic heterocycles. The molecule has 1 aliphatic rings. The summed E-state index contributed by atoms with van der Waals surface area (Å²) in [6, 6.07) is 7.61. The van der Waals surface area contributed by atoms with Gasteiger partial charge in [-0.05, 0) is 63.8 Å². The highest BCUT2D eigenvalue weighted by atomic mass is 16.2. The fraction of sp³-hybridized carbons (Fsp3) is 0.478. The van der Waals surface area contributed by atoms with Crippen LogP contribution in [-0.4, -0.2) is 56.1 Å². The Bertz CT molecular complexity index is 1100. The van der Waals surface area contributed by atoms with Crippen LogP contribution in [0.4, 0.5) is 0 Å². The molecule has 0 saturated carbocycles. The second-order valence-electron chi connectivity index (χ2n) is 8.52. The van der Waals surface area contributed by atoms with Crippen molar-refractivity contribution < 1.29 is 9.59 Å². The van der Waals surface area contributed by atoms with E-state index in [1.165, 1.54) is 0 Å². The second-order valence-corrected chi connectivity index (χ2v) is 8.52. The van der Waals surface area contributed by atoms with Crippen LogP contribution in [0.5, 0.6) is 0 Å². The monoisotopic (exact) mass is 422 g/mol. The molecule has 1 saturated heterocycles. The number of imidazole rings is 1. The number of piperidine rings is 1. The van der Waals surface area contributed by atoms with Gasteiger partial charge in [-0.25, -0.2) is 4.98 Å². The standard InChI is InChI=1S/C23H30N6O2/c1-15-11-16(2)29(27-15)10-8-24-22(30)12-18-5-4-9-28(14-18)23(31)19-6-7-20-21(13-19)26-17(3)25-20/h6-7,11,13,18H,4-5,8-10,12,14H2,1-3H3,(H,24,30)(H,25,26). The number of rotatable bonds is 6. The van der Waals surface area contributed by atoms with E-state index in [0.29, 0.717) is 31.6 Å². The highest BCUT2D eigenvalue weighted by Gasteiger charge is 2.26. The van der Waals surface area contributed by atoms with Crippen molar-refractivity contribution in [1.82, 2.24) is 30.0 Å². The number of fused-ring (bicyclic) bond motifs is 1. The highest BCUT2D eigenvalue weighted by molar-refractivity contribution is 5.97. The number of aromatic amines is 1. The minimum Gasteiger partial charge on any atom is -0.354 e. The number of amides is 2. The van der Waals surface area contributed by atoms with Crippen molar-refractivity contribution in [3.8, 4) is 0 Å². The van der Waals surface area contributed by atoms with Crippen molar-refractivity contribution in [1.29, 1.82) is 0 Å². The smallest absolute Gasteiger partial charge is 0.253 e. The number of hydrogen-bond donors (Lipinski definition) is 2. The summed E-state index contributed by atoms with van der Waals surface area (Å²) in [6.45, 7) is 8.45. The molecule has 164 valence electrons. The van der Waals surface area contributed by atoms with E-state index in [-0.39, 0.29) is 17.7 Å². The number of likely N-dealkylation sites (tertiary alicyclic amines) is 1. The van der Waals surface area contributed by atoms with Crippen LogP contribution < -0.4 is 5.32 Å². The fourth-order valence-electron chi connectivity index (χ4n) is 4.41. The van der Waals surface area contributed by atoms with Crippen LogP contribution in [-0.2, 0) is 11.3 Å². The zero-order valence-electron chi connectivity index (χ0n) is 18.4. The molecule has 8 nitrogen and oxygen atoms in total. The number of aromatic nitrogens is 4. The van der Waals surface area contributed by atoms with E-state index in [0.717, 1.165) is 47.6 Å². The first-order chi connectivity index (χ1) is 14.9. The SMILES string of the molecule is Cc1cc(C)n(CCNC(=O)CC2CCCN(C(=O)c3ccc4nc(C)[nH]c4c3)C2)n1. The van der Waals surface area contributed by atoms with Gasteiger partial charge >= 0.3 is 0 Å². The van der Waals surface area contributed by atoms with Gasteiger partial charge in [-0.1, -0.05) is 0 Å². The van der Waals surface area contributed by atoms with Crippen LogP contribution in [0.15, 0.2) is 24.3 Å². The lowest BCUT2D eigenvalue weighted by Gasteiger charge is -2.32. The van der Waals surface area contributed by atoms with Gasteiger partial charge in [0.1, 0.15) is 5.82 Å². The Balaban J connectivity index is 1.29. The fourth-order valence-corrected chi connectivity index (χ4v) is 4.41. The quantitative estimate of drug-likeness (QED) is 0.638. The Labute approximate surface area is 182 Å². The molecule has 1 aliphatic heterocycles. The van der Waals surface area contributed by atoms with Gasteiger partial charge in [0.2, 0.25) is 5.91 Å². The van der Waals surface area contributed by atoms with Gasteiger partial charge in [-0.15, -0.1) is 0 Å². The third kappa shape index (κ3) is 4.95. The summed E-state index contributed by atoms with van der Waals surface area (Å²) in [5, 5.41) is 7.41. The molecule has 0 aliphatic carbocycles. The van der Waals surface area contributed by atoms with Gasteiger partial charge in [-0.3, -0.25) is 14.3 Å². The van der Waals surface area contributed by atoms with Crippen molar-refractivity contribution in [2.45, 2.75) is 46.6 Å². The molecule has 1 atom stereocenters. The molecule has 0 spiro atoms.